The molecule has 2 aliphatic rings. The molecule has 3 heteroatoms. The van der Waals surface area contributed by atoms with Crippen molar-refractivity contribution in [2.24, 2.45) is 0 Å². The summed E-state index contributed by atoms with van der Waals surface area (Å²) < 4.78 is 8.67. The van der Waals surface area contributed by atoms with Crippen LogP contribution in [0.25, 0.3) is 10.9 Å². The number of hydrogen-bond donors (Lipinski definition) is 1. The number of benzene rings is 3. The number of rotatable bonds is 5. The summed E-state index contributed by atoms with van der Waals surface area (Å²) in [5.41, 5.74) is 8.71. The fourth-order valence-electron chi connectivity index (χ4n) is 6.03. The van der Waals surface area contributed by atoms with Crippen LogP contribution < -0.4 is 9.64 Å². The first-order valence-electron chi connectivity index (χ1n) is 12.5. The topological polar surface area (TPSA) is 18.6 Å². The summed E-state index contributed by atoms with van der Waals surface area (Å²) >= 11 is 0. The van der Waals surface area contributed by atoms with Gasteiger partial charge in [-0.05, 0) is 67.3 Å². The van der Waals surface area contributed by atoms with Crippen LogP contribution >= 0.6 is 0 Å². The molecule has 1 aliphatic carbocycles. The molecule has 1 aromatic heterocycles. The first-order chi connectivity index (χ1) is 16.3. The summed E-state index contributed by atoms with van der Waals surface area (Å²) in [5.74, 6) is 0.948. The Bertz CT molecular complexity index is 1250. The van der Waals surface area contributed by atoms with E-state index >= 15 is 0 Å². The number of aryl methyl sites for hydroxylation is 3. The molecule has 168 valence electrons. The number of nitrogens with one attached hydrogen (secondary N) is 1. The lowest BCUT2D eigenvalue weighted by Crippen LogP contribution is -3.11. The fraction of sp³-hybridized carbons (Fsp3) is 0.333. The zero-order chi connectivity index (χ0) is 22.2. The van der Waals surface area contributed by atoms with Gasteiger partial charge in [0.1, 0.15) is 24.9 Å². The van der Waals surface area contributed by atoms with Gasteiger partial charge in [-0.3, -0.25) is 0 Å². The van der Waals surface area contributed by atoms with Crippen molar-refractivity contribution in [2.75, 3.05) is 6.54 Å². The maximum atomic E-state index is 6.00. The second-order valence-corrected chi connectivity index (χ2v) is 9.84. The molecule has 2 heterocycles. The Balaban J connectivity index is 1.22. The quantitative estimate of drug-likeness (QED) is 0.443. The third-order valence-electron chi connectivity index (χ3n) is 7.59. The Kier molecular flexibility index (Phi) is 5.43. The molecular weight excluding hydrogens is 404 g/mol. The number of aromatic nitrogens is 1. The molecule has 0 bridgehead atoms. The van der Waals surface area contributed by atoms with E-state index in [1.54, 1.807) is 16.2 Å². The van der Waals surface area contributed by atoms with Crippen LogP contribution in [0, 0.1) is 6.92 Å². The molecule has 0 amide bonds. The van der Waals surface area contributed by atoms with Crippen LogP contribution in [0.3, 0.4) is 0 Å². The van der Waals surface area contributed by atoms with E-state index in [1.807, 2.05) is 6.07 Å². The second-order valence-electron chi connectivity index (χ2n) is 9.84. The van der Waals surface area contributed by atoms with Crippen LogP contribution in [0.2, 0.25) is 0 Å². The van der Waals surface area contributed by atoms with Gasteiger partial charge in [-0.1, -0.05) is 42.0 Å². The predicted molar refractivity (Wildman–Crippen MR) is 134 cm³/mol. The standard InChI is InChI=1S/C30H32N2O/c1-22-11-16-28-27(19-22)26-9-5-10-29-30(26)32(28)18-6-17-31(29)20-23-12-14-25(15-13-23)33-21-24-7-3-2-4-8-24/h2-4,7-8,11-16,19,29H,5-6,9-10,17-18,20-21H2,1H3/p+1/t29-/m0/s1. The van der Waals surface area contributed by atoms with Crippen LogP contribution in [-0.4, -0.2) is 11.1 Å². The number of quaternary nitrogens is 1. The summed E-state index contributed by atoms with van der Waals surface area (Å²) in [6.07, 6.45) is 5.09. The first-order valence-corrected chi connectivity index (χ1v) is 12.5. The maximum Gasteiger partial charge on any atom is 0.129 e. The van der Waals surface area contributed by atoms with Crippen molar-refractivity contribution in [1.29, 1.82) is 0 Å². The van der Waals surface area contributed by atoms with Gasteiger partial charge in [0.25, 0.3) is 0 Å². The van der Waals surface area contributed by atoms with Crippen LogP contribution in [0.5, 0.6) is 5.75 Å². The van der Waals surface area contributed by atoms with E-state index in [9.17, 15) is 0 Å². The van der Waals surface area contributed by atoms with Crippen LogP contribution in [0.1, 0.15) is 53.3 Å². The van der Waals surface area contributed by atoms with Gasteiger partial charge in [0.15, 0.2) is 0 Å². The molecule has 33 heavy (non-hydrogen) atoms. The average molecular weight is 438 g/mol. The molecule has 0 saturated heterocycles. The van der Waals surface area contributed by atoms with Crippen molar-refractivity contribution in [3.8, 4) is 5.75 Å². The van der Waals surface area contributed by atoms with Gasteiger partial charge >= 0.3 is 0 Å². The third-order valence-corrected chi connectivity index (χ3v) is 7.59. The lowest BCUT2D eigenvalue weighted by Gasteiger charge is -2.31. The summed E-state index contributed by atoms with van der Waals surface area (Å²) in [6.45, 7) is 6.32. The largest absolute Gasteiger partial charge is 0.489 e. The number of fused-ring (bicyclic) bond motifs is 3. The summed E-state index contributed by atoms with van der Waals surface area (Å²) in [4.78, 5) is 1.73. The van der Waals surface area contributed by atoms with Crippen molar-refractivity contribution >= 4 is 10.9 Å². The normalized spacial score (nSPS) is 19.8. The summed E-state index contributed by atoms with van der Waals surface area (Å²) in [5, 5.41) is 1.51. The van der Waals surface area contributed by atoms with Gasteiger partial charge in [0.2, 0.25) is 0 Å². The van der Waals surface area contributed by atoms with Gasteiger partial charge in [-0.25, -0.2) is 0 Å². The van der Waals surface area contributed by atoms with Crippen molar-refractivity contribution in [1.82, 2.24) is 4.57 Å². The van der Waals surface area contributed by atoms with E-state index in [2.05, 4.69) is 78.2 Å². The Labute approximate surface area is 196 Å². The Morgan fingerprint density at radius 3 is 2.64 bits per heavy atom. The van der Waals surface area contributed by atoms with Crippen LogP contribution in [0.15, 0.2) is 72.8 Å². The van der Waals surface area contributed by atoms with Gasteiger partial charge in [0.05, 0.1) is 12.2 Å². The highest BCUT2D eigenvalue weighted by molar-refractivity contribution is 5.86. The minimum Gasteiger partial charge on any atom is -0.489 e. The third kappa shape index (κ3) is 3.95. The summed E-state index contributed by atoms with van der Waals surface area (Å²) in [6, 6.07) is 26.9. The van der Waals surface area contributed by atoms with E-state index in [0.717, 1.165) is 18.8 Å². The van der Waals surface area contributed by atoms with E-state index in [-0.39, 0.29) is 0 Å². The highest BCUT2D eigenvalue weighted by Crippen LogP contribution is 2.37. The Morgan fingerprint density at radius 1 is 0.939 bits per heavy atom. The van der Waals surface area contributed by atoms with Crippen molar-refractivity contribution in [3.05, 3.63) is 101 Å². The van der Waals surface area contributed by atoms with Crippen LogP contribution in [0.4, 0.5) is 0 Å². The summed E-state index contributed by atoms with van der Waals surface area (Å²) in [7, 11) is 0. The van der Waals surface area contributed by atoms with Gasteiger partial charge < -0.3 is 14.2 Å². The first kappa shape index (κ1) is 20.6. The maximum absolute atomic E-state index is 6.00. The molecule has 0 radical (unpaired) electrons. The molecule has 1 unspecified atom stereocenters. The monoisotopic (exact) mass is 437 g/mol. The van der Waals surface area contributed by atoms with Gasteiger partial charge in [-0.2, -0.15) is 0 Å². The van der Waals surface area contributed by atoms with Crippen LogP contribution in [-0.2, 0) is 26.1 Å². The lowest BCUT2D eigenvalue weighted by atomic mass is 9.90. The van der Waals surface area contributed by atoms with Crippen molar-refractivity contribution < 1.29 is 9.64 Å². The molecule has 0 saturated carbocycles. The highest BCUT2D eigenvalue weighted by atomic mass is 16.5. The molecule has 6 rings (SSSR count). The molecule has 1 aliphatic heterocycles. The van der Waals surface area contributed by atoms with E-state index in [1.165, 1.54) is 59.8 Å². The van der Waals surface area contributed by atoms with E-state index in [4.69, 9.17) is 4.74 Å². The Hall–Kier alpha value is -3.04. The van der Waals surface area contributed by atoms with E-state index in [0.29, 0.717) is 12.6 Å². The SMILES string of the molecule is Cc1ccc2c(c1)c1c3n2CCC[NH+](Cc2ccc(OCc4ccccc4)cc2)[C@H]3CCC1. The van der Waals surface area contributed by atoms with E-state index < -0.39 is 0 Å². The van der Waals surface area contributed by atoms with Crippen molar-refractivity contribution in [3.63, 3.8) is 0 Å². The second kappa shape index (κ2) is 8.72. The number of nitrogens with zero attached hydrogens (tertiary/aromatic N) is 1. The lowest BCUT2D eigenvalue weighted by molar-refractivity contribution is -0.945. The average Bonchev–Trinajstić information content (AvgIpc) is 3.04. The van der Waals surface area contributed by atoms with Gasteiger partial charge in [-0.15, -0.1) is 0 Å². The zero-order valence-corrected chi connectivity index (χ0v) is 19.5. The molecule has 1 N–H and O–H groups in total. The molecule has 3 aromatic carbocycles. The zero-order valence-electron chi connectivity index (χ0n) is 19.5. The minimum atomic E-state index is 0.609. The molecule has 0 spiro atoms. The molecule has 3 nitrogen and oxygen atoms in total. The molecular formula is C30H33N2O+. The van der Waals surface area contributed by atoms with Crippen molar-refractivity contribution in [2.45, 2.75) is 58.3 Å². The predicted octanol–water partition coefficient (Wildman–Crippen LogP) is 5.39. The number of ether oxygens (including phenoxy) is 1. The molecule has 0 fully saturated rings. The fourth-order valence-corrected chi connectivity index (χ4v) is 6.03. The Morgan fingerprint density at radius 2 is 1.79 bits per heavy atom. The minimum absolute atomic E-state index is 0.609. The van der Waals surface area contributed by atoms with Gasteiger partial charge in [0, 0.05) is 35.9 Å². The molecule has 4 aromatic rings. The smallest absolute Gasteiger partial charge is 0.129 e. The highest BCUT2D eigenvalue weighted by Gasteiger charge is 2.36. The molecule has 2 atom stereocenters. The number of hydrogen-bond acceptors (Lipinski definition) is 1.